The van der Waals surface area contributed by atoms with Crippen molar-refractivity contribution in [2.45, 2.75) is 12.3 Å². The lowest BCUT2D eigenvalue weighted by molar-refractivity contribution is -0.137. The molecule has 0 saturated carbocycles. The van der Waals surface area contributed by atoms with Crippen molar-refractivity contribution in [1.29, 1.82) is 0 Å². The van der Waals surface area contributed by atoms with Crippen molar-refractivity contribution in [2.75, 3.05) is 51.3 Å². The number of nitrogens with zero attached hydrogens (tertiary/aromatic N) is 2. The average molecular weight is 410 g/mol. The maximum Gasteiger partial charge on any atom is 0.416 e. The van der Waals surface area contributed by atoms with E-state index in [0.717, 1.165) is 6.07 Å². The molecular formula is C21H25F3N2O3. The fourth-order valence-electron chi connectivity index (χ4n) is 3.30. The number of alkyl halides is 3. The third kappa shape index (κ3) is 6.01. The largest absolute Gasteiger partial charge is 0.497 e. The molecule has 158 valence electrons. The van der Waals surface area contributed by atoms with Gasteiger partial charge in [-0.1, -0.05) is 12.1 Å². The van der Waals surface area contributed by atoms with Gasteiger partial charge in [0.2, 0.25) is 0 Å². The number of piperazine rings is 1. The number of ether oxygens (including phenoxy) is 2. The molecule has 1 fully saturated rings. The number of halogens is 3. The Hall–Kier alpha value is -2.45. The van der Waals surface area contributed by atoms with Crippen molar-refractivity contribution in [3.63, 3.8) is 0 Å². The zero-order valence-electron chi connectivity index (χ0n) is 16.2. The smallest absolute Gasteiger partial charge is 0.416 e. The van der Waals surface area contributed by atoms with Crippen LogP contribution in [0.15, 0.2) is 48.5 Å². The number of rotatable bonds is 7. The molecule has 1 N–H and O–H groups in total. The van der Waals surface area contributed by atoms with Gasteiger partial charge >= 0.3 is 6.18 Å². The van der Waals surface area contributed by atoms with Crippen LogP contribution >= 0.6 is 0 Å². The Morgan fingerprint density at radius 2 is 1.69 bits per heavy atom. The van der Waals surface area contributed by atoms with Gasteiger partial charge in [0.25, 0.3) is 0 Å². The van der Waals surface area contributed by atoms with Crippen LogP contribution in [0, 0.1) is 0 Å². The number of β-amino-alcohol motifs (C(OH)–C–C–N with tert-alkyl or cyclic N) is 1. The van der Waals surface area contributed by atoms with Gasteiger partial charge in [0, 0.05) is 44.5 Å². The number of aliphatic hydroxyl groups is 1. The minimum atomic E-state index is -4.34. The summed E-state index contributed by atoms with van der Waals surface area (Å²) in [6.45, 7) is 3.12. The molecule has 5 nitrogen and oxygen atoms in total. The van der Waals surface area contributed by atoms with Gasteiger partial charge in [-0.3, -0.25) is 4.90 Å². The Morgan fingerprint density at radius 1 is 1.00 bits per heavy atom. The molecule has 2 aromatic carbocycles. The molecule has 0 amide bonds. The van der Waals surface area contributed by atoms with Crippen LogP contribution < -0.4 is 14.4 Å². The second-order valence-corrected chi connectivity index (χ2v) is 6.98. The van der Waals surface area contributed by atoms with E-state index in [0.29, 0.717) is 49.9 Å². The average Bonchev–Trinajstić information content (AvgIpc) is 2.72. The summed E-state index contributed by atoms with van der Waals surface area (Å²) in [5, 5.41) is 10.3. The van der Waals surface area contributed by atoms with Crippen LogP contribution in [0.1, 0.15) is 5.56 Å². The summed E-state index contributed by atoms with van der Waals surface area (Å²) < 4.78 is 49.5. The van der Waals surface area contributed by atoms with Crippen LogP contribution in [0.25, 0.3) is 0 Å². The van der Waals surface area contributed by atoms with E-state index in [4.69, 9.17) is 9.47 Å². The first-order chi connectivity index (χ1) is 13.8. The number of benzene rings is 2. The standard InChI is InChI=1S/C21H25F3N2O3/c1-28-19-6-3-7-20(13-19)29-15-18(27)14-25-8-10-26(11-9-25)17-5-2-4-16(12-17)21(22,23)24/h2-7,12-13,18,27H,8-11,14-15H2,1H3. The molecule has 3 rings (SSSR count). The van der Waals surface area contributed by atoms with E-state index in [1.807, 2.05) is 17.0 Å². The molecule has 1 aliphatic rings. The van der Waals surface area contributed by atoms with E-state index in [9.17, 15) is 18.3 Å². The van der Waals surface area contributed by atoms with Gasteiger partial charge < -0.3 is 19.5 Å². The zero-order chi connectivity index (χ0) is 20.9. The van der Waals surface area contributed by atoms with Crippen LogP contribution in [0.5, 0.6) is 11.5 Å². The van der Waals surface area contributed by atoms with Gasteiger partial charge in [-0.05, 0) is 30.3 Å². The molecule has 1 unspecified atom stereocenters. The summed E-state index contributed by atoms with van der Waals surface area (Å²) in [5.74, 6) is 1.31. The highest BCUT2D eigenvalue weighted by Gasteiger charge is 2.31. The molecule has 1 saturated heterocycles. The van der Waals surface area contributed by atoms with Crippen LogP contribution in [0.4, 0.5) is 18.9 Å². The lowest BCUT2D eigenvalue weighted by Gasteiger charge is -2.37. The first kappa shape index (κ1) is 21.3. The fraction of sp³-hybridized carbons (Fsp3) is 0.429. The number of hydrogen-bond acceptors (Lipinski definition) is 5. The Bertz CT molecular complexity index is 793. The number of methoxy groups -OCH3 is 1. The molecule has 0 bridgehead atoms. The normalized spacial score (nSPS) is 16.5. The lowest BCUT2D eigenvalue weighted by atomic mass is 10.1. The van der Waals surface area contributed by atoms with E-state index in [1.54, 1.807) is 25.3 Å². The SMILES string of the molecule is COc1cccc(OCC(O)CN2CCN(c3cccc(C(F)(F)F)c3)CC2)c1. The third-order valence-corrected chi connectivity index (χ3v) is 4.86. The molecule has 0 spiro atoms. The van der Waals surface area contributed by atoms with Crippen molar-refractivity contribution in [3.8, 4) is 11.5 Å². The molecule has 0 aromatic heterocycles. The quantitative estimate of drug-likeness (QED) is 0.759. The van der Waals surface area contributed by atoms with Crippen LogP contribution in [-0.4, -0.2) is 62.6 Å². The highest BCUT2D eigenvalue weighted by atomic mass is 19.4. The summed E-state index contributed by atoms with van der Waals surface area (Å²) in [6, 6.07) is 12.6. The van der Waals surface area contributed by atoms with Crippen LogP contribution in [-0.2, 0) is 6.18 Å². The maximum absolute atomic E-state index is 12.9. The summed E-state index contributed by atoms with van der Waals surface area (Å²) in [6.07, 6.45) is -5.01. The molecule has 0 radical (unpaired) electrons. The van der Waals surface area contributed by atoms with Gasteiger partial charge in [-0.15, -0.1) is 0 Å². The molecule has 1 atom stereocenters. The molecule has 8 heteroatoms. The maximum atomic E-state index is 12.9. The number of hydrogen-bond donors (Lipinski definition) is 1. The summed E-state index contributed by atoms with van der Waals surface area (Å²) >= 11 is 0. The first-order valence-electron chi connectivity index (χ1n) is 9.44. The van der Waals surface area contributed by atoms with E-state index < -0.39 is 17.8 Å². The Balaban J connectivity index is 1.46. The van der Waals surface area contributed by atoms with Crippen molar-refractivity contribution in [3.05, 3.63) is 54.1 Å². The summed E-state index contributed by atoms with van der Waals surface area (Å²) in [4.78, 5) is 4.02. The van der Waals surface area contributed by atoms with E-state index >= 15 is 0 Å². The van der Waals surface area contributed by atoms with Gasteiger partial charge in [0.05, 0.1) is 12.7 Å². The predicted molar refractivity (Wildman–Crippen MR) is 105 cm³/mol. The zero-order valence-corrected chi connectivity index (χ0v) is 16.2. The molecule has 2 aromatic rings. The Morgan fingerprint density at radius 3 is 2.38 bits per heavy atom. The van der Waals surface area contributed by atoms with Gasteiger partial charge in [0.1, 0.15) is 24.2 Å². The molecular weight excluding hydrogens is 385 g/mol. The van der Waals surface area contributed by atoms with Gasteiger partial charge in [-0.2, -0.15) is 13.2 Å². The van der Waals surface area contributed by atoms with Crippen molar-refractivity contribution >= 4 is 5.69 Å². The molecule has 0 aliphatic carbocycles. The third-order valence-electron chi connectivity index (χ3n) is 4.86. The number of anilines is 1. The van der Waals surface area contributed by atoms with E-state index in [2.05, 4.69) is 4.90 Å². The fourth-order valence-corrected chi connectivity index (χ4v) is 3.30. The second kappa shape index (κ2) is 9.37. The molecule has 1 heterocycles. The topological polar surface area (TPSA) is 45.2 Å². The Labute approximate surface area is 168 Å². The van der Waals surface area contributed by atoms with E-state index in [-0.39, 0.29) is 6.61 Å². The highest BCUT2D eigenvalue weighted by molar-refractivity contribution is 5.49. The van der Waals surface area contributed by atoms with Crippen molar-refractivity contribution in [1.82, 2.24) is 4.90 Å². The summed E-state index contributed by atoms with van der Waals surface area (Å²) in [7, 11) is 1.58. The number of aliphatic hydroxyl groups excluding tert-OH is 1. The van der Waals surface area contributed by atoms with Gasteiger partial charge in [0.15, 0.2) is 0 Å². The van der Waals surface area contributed by atoms with Gasteiger partial charge in [-0.25, -0.2) is 0 Å². The minimum absolute atomic E-state index is 0.154. The molecule has 1 aliphatic heterocycles. The van der Waals surface area contributed by atoms with Crippen molar-refractivity contribution in [2.24, 2.45) is 0 Å². The molecule has 29 heavy (non-hydrogen) atoms. The van der Waals surface area contributed by atoms with Crippen LogP contribution in [0.3, 0.4) is 0 Å². The Kier molecular flexibility index (Phi) is 6.87. The first-order valence-corrected chi connectivity index (χ1v) is 9.44. The second-order valence-electron chi connectivity index (χ2n) is 6.98. The minimum Gasteiger partial charge on any atom is -0.497 e. The van der Waals surface area contributed by atoms with Crippen molar-refractivity contribution < 1.29 is 27.8 Å². The predicted octanol–water partition coefficient (Wildman–Crippen LogP) is 3.28. The monoisotopic (exact) mass is 410 g/mol. The van der Waals surface area contributed by atoms with Crippen LogP contribution in [0.2, 0.25) is 0 Å². The van der Waals surface area contributed by atoms with E-state index in [1.165, 1.54) is 12.1 Å². The lowest BCUT2D eigenvalue weighted by Crippen LogP contribution is -2.49. The highest BCUT2D eigenvalue weighted by Crippen LogP contribution is 2.31. The summed E-state index contributed by atoms with van der Waals surface area (Å²) in [5.41, 5.74) is -0.0658.